The van der Waals surface area contributed by atoms with Gasteiger partial charge in [0.25, 0.3) is 0 Å². The molecule has 134 valence electrons. The standard InChI is InChI=1S/C15H19ClN6O2S/c1-15(2,21-22-17)12-9-20-14(24-5-4-6-25(3,18)23)11-8-19-13(16)7-10(11)12/h7-9,18H,4-6H2,1-3H3/t25-/m1/s1. The molecule has 2 heterocycles. The van der Waals surface area contributed by atoms with E-state index in [-0.39, 0.29) is 12.4 Å². The van der Waals surface area contributed by atoms with E-state index in [0.29, 0.717) is 28.4 Å². The Kier molecular flexibility index (Phi) is 5.72. The Morgan fingerprint density at radius 2 is 2.12 bits per heavy atom. The van der Waals surface area contributed by atoms with Crippen LogP contribution in [0.1, 0.15) is 25.8 Å². The molecule has 25 heavy (non-hydrogen) atoms. The highest BCUT2D eigenvalue weighted by Crippen LogP contribution is 2.35. The van der Waals surface area contributed by atoms with Crippen LogP contribution in [0.5, 0.6) is 5.88 Å². The summed E-state index contributed by atoms with van der Waals surface area (Å²) in [6.07, 6.45) is 5.04. The molecule has 0 radical (unpaired) electrons. The third kappa shape index (κ3) is 4.94. The van der Waals surface area contributed by atoms with E-state index in [2.05, 4.69) is 20.0 Å². The number of nitrogens with zero attached hydrogens (tertiary/aromatic N) is 5. The van der Waals surface area contributed by atoms with Gasteiger partial charge in [-0.3, -0.25) is 8.99 Å². The number of rotatable bonds is 7. The minimum absolute atomic E-state index is 0.261. The van der Waals surface area contributed by atoms with Crippen molar-refractivity contribution < 1.29 is 8.95 Å². The van der Waals surface area contributed by atoms with E-state index in [1.165, 1.54) is 6.26 Å². The molecular weight excluding hydrogens is 364 g/mol. The molecule has 1 N–H and O–H groups in total. The van der Waals surface area contributed by atoms with Crippen molar-refractivity contribution in [2.45, 2.75) is 25.8 Å². The molecule has 0 aromatic carbocycles. The number of halogens is 1. The summed E-state index contributed by atoms with van der Waals surface area (Å²) in [5.41, 5.74) is 8.68. The predicted molar refractivity (Wildman–Crippen MR) is 98.5 cm³/mol. The molecule has 1 atom stereocenters. The molecule has 0 aliphatic heterocycles. The predicted octanol–water partition coefficient (Wildman–Crippen LogP) is 4.27. The fraction of sp³-hybridized carbons (Fsp3) is 0.467. The Morgan fingerprint density at radius 1 is 1.40 bits per heavy atom. The monoisotopic (exact) mass is 382 g/mol. The van der Waals surface area contributed by atoms with Crippen LogP contribution in [-0.4, -0.2) is 32.8 Å². The van der Waals surface area contributed by atoms with Gasteiger partial charge in [0.2, 0.25) is 5.88 Å². The normalized spacial score (nSPS) is 13.9. The molecular formula is C15H19ClN6O2S. The SMILES string of the molecule is CC(C)(N=[N+]=[N-])c1cnc(OCCC[S@](C)(=N)=O)c2cnc(Cl)cc12. The van der Waals surface area contributed by atoms with Crippen molar-refractivity contribution in [2.24, 2.45) is 5.11 Å². The van der Waals surface area contributed by atoms with Crippen LogP contribution >= 0.6 is 11.6 Å². The van der Waals surface area contributed by atoms with E-state index in [1.807, 2.05) is 0 Å². The maximum absolute atomic E-state index is 11.4. The number of ether oxygens (including phenoxy) is 1. The first-order chi connectivity index (χ1) is 11.6. The van der Waals surface area contributed by atoms with E-state index < -0.39 is 15.3 Å². The fourth-order valence-corrected chi connectivity index (χ4v) is 3.18. The molecule has 0 aliphatic carbocycles. The minimum atomic E-state index is -2.54. The molecule has 10 heteroatoms. The summed E-state index contributed by atoms with van der Waals surface area (Å²) in [5, 5.41) is 5.51. The number of hydrogen-bond donors (Lipinski definition) is 1. The lowest BCUT2D eigenvalue weighted by atomic mass is 9.93. The summed E-state index contributed by atoms with van der Waals surface area (Å²) in [6, 6.07) is 1.68. The van der Waals surface area contributed by atoms with E-state index in [0.717, 1.165) is 5.39 Å². The molecule has 2 aromatic rings. The number of aromatic nitrogens is 2. The number of hydrogen-bond acceptors (Lipinski definition) is 6. The molecule has 2 aromatic heterocycles. The maximum atomic E-state index is 11.4. The quantitative estimate of drug-likeness (QED) is 0.252. The number of pyridine rings is 2. The average Bonchev–Trinajstić information content (AvgIpc) is 2.49. The molecule has 0 saturated heterocycles. The third-order valence-corrected chi connectivity index (χ3v) is 4.85. The second-order valence-corrected chi connectivity index (χ2v) is 8.99. The summed E-state index contributed by atoms with van der Waals surface area (Å²) in [7, 11) is -2.54. The van der Waals surface area contributed by atoms with Crippen LogP contribution in [-0.2, 0) is 15.3 Å². The highest BCUT2D eigenvalue weighted by atomic mass is 35.5. The molecule has 0 aliphatic rings. The summed E-state index contributed by atoms with van der Waals surface area (Å²) in [6.45, 7) is 3.85. The molecule has 0 fully saturated rings. The Morgan fingerprint density at radius 3 is 2.76 bits per heavy atom. The van der Waals surface area contributed by atoms with Crippen molar-refractivity contribution in [3.8, 4) is 5.88 Å². The van der Waals surface area contributed by atoms with Crippen LogP contribution in [0, 0.1) is 4.78 Å². The fourth-order valence-electron chi connectivity index (χ4n) is 2.36. The summed E-state index contributed by atoms with van der Waals surface area (Å²) in [4.78, 5) is 11.3. The van der Waals surface area contributed by atoms with Gasteiger partial charge < -0.3 is 4.74 Å². The van der Waals surface area contributed by atoms with Crippen molar-refractivity contribution in [1.29, 1.82) is 4.78 Å². The van der Waals surface area contributed by atoms with Crippen molar-refractivity contribution in [3.05, 3.63) is 39.6 Å². The maximum Gasteiger partial charge on any atom is 0.222 e. The Balaban J connectivity index is 2.40. The molecule has 0 spiro atoms. The van der Waals surface area contributed by atoms with Crippen LogP contribution in [0.15, 0.2) is 23.6 Å². The zero-order valence-corrected chi connectivity index (χ0v) is 15.8. The van der Waals surface area contributed by atoms with Crippen LogP contribution < -0.4 is 4.74 Å². The van der Waals surface area contributed by atoms with E-state index in [1.54, 1.807) is 32.3 Å². The number of azide groups is 1. The van der Waals surface area contributed by atoms with Gasteiger partial charge >= 0.3 is 0 Å². The van der Waals surface area contributed by atoms with Crippen molar-refractivity contribution in [2.75, 3.05) is 18.6 Å². The smallest absolute Gasteiger partial charge is 0.222 e. The molecule has 0 unspecified atom stereocenters. The average molecular weight is 383 g/mol. The zero-order valence-electron chi connectivity index (χ0n) is 14.2. The second-order valence-electron chi connectivity index (χ2n) is 6.19. The Bertz CT molecular complexity index is 938. The second kappa shape index (κ2) is 7.43. The van der Waals surface area contributed by atoms with Gasteiger partial charge in [-0.25, -0.2) is 9.97 Å². The van der Waals surface area contributed by atoms with Gasteiger partial charge in [0.1, 0.15) is 5.15 Å². The highest BCUT2D eigenvalue weighted by molar-refractivity contribution is 7.91. The zero-order chi connectivity index (χ0) is 18.7. The first-order valence-corrected chi connectivity index (χ1v) is 10.0. The van der Waals surface area contributed by atoms with Gasteiger partial charge in [-0.1, -0.05) is 30.6 Å². The summed E-state index contributed by atoms with van der Waals surface area (Å²) in [5.74, 6) is 0.629. The highest BCUT2D eigenvalue weighted by Gasteiger charge is 2.23. The third-order valence-electron chi connectivity index (χ3n) is 3.57. The van der Waals surface area contributed by atoms with Crippen LogP contribution in [0.3, 0.4) is 0 Å². The minimum Gasteiger partial charge on any atom is -0.477 e. The van der Waals surface area contributed by atoms with E-state index in [4.69, 9.17) is 26.6 Å². The molecule has 0 bridgehead atoms. The molecule has 2 rings (SSSR count). The summed E-state index contributed by atoms with van der Waals surface area (Å²) >= 11 is 6.02. The van der Waals surface area contributed by atoms with Gasteiger partial charge in [0.15, 0.2) is 0 Å². The van der Waals surface area contributed by atoms with Crippen LogP contribution in [0.4, 0.5) is 0 Å². The van der Waals surface area contributed by atoms with E-state index >= 15 is 0 Å². The lowest BCUT2D eigenvalue weighted by Gasteiger charge is -2.21. The van der Waals surface area contributed by atoms with Gasteiger partial charge in [-0.2, -0.15) is 0 Å². The first kappa shape index (κ1) is 19.2. The van der Waals surface area contributed by atoms with Crippen molar-refractivity contribution in [3.63, 3.8) is 0 Å². The lowest BCUT2D eigenvalue weighted by molar-refractivity contribution is 0.309. The topological polar surface area (TPSA) is 125 Å². The van der Waals surface area contributed by atoms with Crippen LogP contribution in [0.25, 0.3) is 21.2 Å². The van der Waals surface area contributed by atoms with Gasteiger partial charge in [-0.05, 0) is 29.0 Å². The van der Waals surface area contributed by atoms with E-state index in [9.17, 15) is 4.21 Å². The molecule has 0 saturated carbocycles. The van der Waals surface area contributed by atoms with Crippen molar-refractivity contribution in [1.82, 2.24) is 9.97 Å². The largest absolute Gasteiger partial charge is 0.477 e. The molecule has 0 amide bonds. The Hall–Kier alpha value is -2.09. The Labute approximate surface area is 151 Å². The van der Waals surface area contributed by atoms with Gasteiger partial charge in [0.05, 0.1) is 17.5 Å². The lowest BCUT2D eigenvalue weighted by Crippen LogP contribution is -2.14. The van der Waals surface area contributed by atoms with Gasteiger partial charge in [0, 0.05) is 39.0 Å². The number of fused-ring (bicyclic) bond motifs is 1. The van der Waals surface area contributed by atoms with Crippen LogP contribution in [0.2, 0.25) is 5.15 Å². The first-order valence-electron chi connectivity index (χ1n) is 7.49. The van der Waals surface area contributed by atoms with Gasteiger partial charge in [-0.15, -0.1) is 0 Å². The number of nitrogens with one attached hydrogen (secondary N) is 1. The van der Waals surface area contributed by atoms with Crippen molar-refractivity contribution >= 4 is 32.1 Å². The summed E-state index contributed by atoms with van der Waals surface area (Å²) < 4.78 is 24.5. The molecule has 8 nitrogen and oxygen atoms in total.